The number of amides is 1. The zero-order chi connectivity index (χ0) is 18.4. The van der Waals surface area contributed by atoms with Crippen LogP contribution >= 0.6 is 0 Å². The van der Waals surface area contributed by atoms with Gasteiger partial charge >= 0.3 is 0 Å². The fourth-order valence-corrected chi connectivity index (χ4v) is 4.48. The number of hydrogen-bond acceptors (Lipinski definition) is 3. The third-order valence-electron chi connectivity index (χ3n) is 5.97. The van der Waals surface area contributed by atoms with Crippen molar-refractivity contribution in [2.75, 3.05) is 20.2 Å². The summed E-state index contributed by atoms with van der Waals surface area (Å²) in [5.74, 6) is -0.179. The molecule has 1 aliphatic carbocycles. The van der Waals surface area contributed by atoms with Crippen LogP contribution in [0, 0.1) is 5.92 Å². The highest BCUT2D eigenvalue weighted by Crippen LogP contribution is 2.41. The minimum Gasteiger partial charge on any atom is -0.394 e. The van der Waals surface area contributed by atoms with Crippen LogP contribution in [0.15, 0.2) is 30.5 Å². The quantitative estimate of drug-likeness (QED) is 0.883. The van der Waals surface area contributed by atoms with Crippen molar-refractivity contribution in [3.63, 3.8) is 0 Å². The summed E-state index contributed by atoms with van der Waals surface area (Å²) in [5, 5.41) is 13.7. The number of benzene rings is 1. The lowest BCUT2D eigenvalue weighted by Crippen LogP contribution is -2.48. The number of likely N-dealkylation sites (N-methyl/N-ethyl adjacent to an activating group) is 1. The van der Waals surface area contributed by atoms with Gasteiger partial charge in [0, 0.05) is 36.7 Å². The SMILES string of the molecule is CCC(CO)NC(=O)[C@@H]1C=C2c3cccc4c3c(cn4C)C[C@@H]2N(C)C1. The van der Waals surface area contributed by atoms with Crippen LogP contribution < -0.4 is 5.32 Å². The van der Waals surface area contributed by atoms with E-state index in [0.717, 1.165) is 12.8 Å². The fraction of sp³-hybridized carbons (Fsp3) is 0.476. The average Bonchev–Trinajstić information content (AvgIpc) is 2.97. The Balaban J connectivity index is 1.74. The van der Waals surface area contributed by atoms with Crippen LogP contribution in [0.4, 0.5) is 0 Å². The lowest BCUT2D eigenvalue weighted by Gasteiger charge is -2.39. The van der Waals surface area contributed by atoms with Crippen molar-refractivity contribution in [2.24, 2.45) is 13.0 Å². The molecule has 4 rings (SSSR count). The van der Waals surface area contributed by atoms with E-state index in [1.807, 2.05) is 6.92 Å². The van der Waals surface area contributed by atoms with Gasteiger partial charge in [0.25, 0.3) is 0 Å². The average molecular weight is 353 g/mol. The number of fused-ring (bicyclic) bond motifs is 2. The highest BCUT2D eigenvalue weighted by molar-refractivity contribution is 5.99. The summed E-state index contributed by atoms with van der Waals surface area (Å²) in [7, 11) is 4.20. The van der Waals surface area contributed by atoms with E-state index in [-0.39, 0.29) is 24.5 Å². The summed E-state index contributed by atoms with van der Waals surface area (Å²) in [6, 6.07) is 6.60. The molecule has 1 unspecified atom stereocenters. The second-order valence-corrected chi connectivity index (χ2v) is 7.65. The molecule has 2 aliphatic rings. The van der Waals surface area contributed by atoms with Gasteiger partial charge in [0.1, 0.15) is 0 Å². The number of rotatable bonds is 4. The summed E-state index contributed by atoms with van der Waals surface area (Å²) in [4.78, 5) is 15.0. The van der Waals surface area contributed by atoms with Gasteiger partial charge in [0.15, 0.2) is 0 Å². The molecule has 2 N–H and O–H groups in total. The highest BCUT2D eigenvalue weighted by atomic mass is 16.3. The van der Waals surface area contributed by atoms with E-state index in [0.29, 0.717) is 12.6 Å². The molecule has 26 heavy (non-hydrogen) atoms. The molecule has 5 nitrogen and oxygen atoms in total. The molecule has 0 saturated heterocycles. The van der Waals surface area contributed by atoms with Crippen molar-refractivity contribution < 1.29 is 9.90 Å². The topological polar surface area (TPSA) is 57.5 Å². The van der Waals surface area contributed by atoms with Crippen LogP contribution in [0.2, 0.25) is 0 Å². The van der Waals surface area contributed by atoms with Gasteiger partial charge in [0.05, 0.1) is 18.6 Å². The molecule has 0 saturated carbocycles. The number of carbonyl (C=O) groups is 1. The Morgan fingerprint density at radius 1 is 1.38 bits per heavy atom. The summed E-state index contributed by atoms with van der Waals surface area (Å²) in [5.41, 5.74) is 5.16. The summed E-state index contributed by atoms with van der Waals surface area (Å²) in [6.07, 6.45) is 6.12. The zero-order valence-electron chi connectivity index (χ0n) is 15.7. The van der Waals surface area contributed by atoms with Crippen molar-refractivity contribution in [3.05, 3.63) is 41.6 Å². The first-order valence-electron chi connectivity index (χ1n) is 9.44. The Morgan fingerprint density at radius 2 is 2.19 bits per heavy atom. The van der Waals surface area contributed by atoms with Crippen molar-refractivity contribution in [3.8, 4) is 0 Å². The molecule has 0 bridgehead atoms. The Kier molecular flexibility index (Phi) is 4.37. The number of nitrogens with zero attached hydrogens (tertiary/aromatic N) is 2. The molecule has 3 atom stereocenters. The molecular formula is C21H27N3O2. The smallest absolute Gasteiger partial charge is 0.228 e. The molecule has 2 heterocycles. The summed E-state index contributed by atoms with van der Waals surface area (Å²) < 4.78 is 2.20. The Labute approximate surface area is 154 Å². The molecular weight excluding hydrogens is 326 g/mol. The van der Waals surface area contributed by atoms with Gasteiger partial charge in [-0.3, -0.25) is 9.69 Å². The lowest BCUT2D eigenvalue weighted by atomic mass is 9.80. The van der Waals surface area contributed by atoms with Crippen LogP contribution in [-0.2, 0) is 18.3 Å². The number of aromatic nitrogens is 1. The maximum Gasteiger partial charge on any atom is 0.228 e. The van der Waals surface area contributed by atoms with Crippen LogP contribution in [0.25, 0.3) is 16.5 Å². The molecule has 1 aromatic heterocycles. The minimum atomic E-state index is -0.188. The number of nitrogens with one attached hydrogen (secondary N) is 1. The maximum atomic E-state index is 12.7. The second-order valence-electron chi connectivity index (χ2n) is 7.65. The van der Waals surface area contributed by atoms with E-state index < -0.39 is 0 Å². The number of aryl methyl sites for hydroxylation is 1. The molecule has 1 amide bonds. The zero-order valence-corrected chi connectivity index (χ0v) is 15.7. The van der Waals surface area contributed by atoms with Gasteiger partial charge in [-0.1, -0.05) is 25.1 Å². The standard InChI is InChI=1S/C21H27N3O2/c1-4-15(12-25)22-21(26)14-8-17-16-6-5-7-18-20(16)13(10-23(18)2)9-19(17)24(3)11-14/h5-8,10,14-15,19,25H,4,9,11-12H2,1-3H3,(H,22,26)/t14-,15?,19+/m1/s1. The fourth-order valence-electron chi connectivity index (χ4n) is 4.48. The third kappa shape index (κ3) is 2.66. The van der Waals surface area contributed by atoms with E-state index in [2.05, 4.69) is 59.4 Å². The van der Waals surface area contributed by atoms with Crippen LogP contribution in [0.5, 0.6) is 0 Å². The van der Waals surface area contributed by atoms with Crippen LogP contribution in [0.1, 0.15) is 24.5 Å². The van der Waals surface area contributed by atoms with E-state index >= 15 is 0 Å². The van der Waals surface area contributed by atoms with Crippen LogP contribution in [0.3, 0.4) is 0 Å². The summed E-state index contributed by atoms with van der Waals surface area (Å²) >= 11 is 0. The Hall–Kier alpha value is -2.11. The molecule has 2 aromatic rings. The molecule has 5 heteroatoms. The Morgan fingerprint density at radius 3 is 2.92 bits per heavy atom. The lowest BCUT2D eigenvalue weighted by molar-refractivity contribution is -0.125. The number of hydrogen-bond donors (Lipinski definition) is 2. The van der Waals surface area contributed by atoms with Crippen molar-refractivity contribution in [1.82, 2.24) is 14.8 Å². The van der Waals surface area contributed by atoms with Crippen molar-refractivity contribution >= 4 is 22.4 Å². The van der Waals surface area contributed by atoms with E-state index in [9.17, 15) is 9.90 Å². The van der Waals surface area contributed by atoms with E-state index in [1.54, 1.807) is 0 Å². The molecule has 138 valence electrons. The van der Waals surface area contributed by atoms with Gasteiger partial charge in [-0.05, 0) is 42.7 Å². The summed E-state index contributed by atoms with van der Waals surface area (Å²) in [6.45, 7) is 2.66. The first-order valence-corrected chi connectivity index (χ1v) is 9.44. The normalized spacial score (nSPS) is 23.5. The first-order chi connectivity index (χ1) is 12.5. The highest BCUT2D eigenvalue weighted by Gasteiger charge is 2.36. The van der Waals surface area contributed by atoms with E-state index in [1.165, 1.54) is 27.6 Å². The molecule has 0 radical (unpaired) electrons. The Bertz CT molecular complexity index is 879. The minimum absolute atomic E-state index is 0.00901. The monoisotopic (exact) mass is 353 g/mol. The van der Waals surface area contributed by atoms with Crippen molar-refractivity contribution in [2.45, 2.75) is 31.8 Å². The van der Waals surface area contributed by atoms with Crippen molar-refractivity contribution in [1.29, 1.82) is 0 Å². The molecule has 0 spiro atoms. The first kappa shape index (κ1) is 17.3. The van der Waals surface area contributed by atoms with Gasteiger partial charge in [0.2, 0.25) is 5.91 Å². The van der Waals surface area contributed by atoms with Gasteiger partial charge in [-0.25, -0.2) is 0 Å². The molecule has 1 aliphatic heterocycles. The number of aliphatic hydroxyl groups is 1. The van der Waals surface area contributed by atoms with E-state index in [4.69, 9.17) is 0 Å². The largest absolute Gasteiger partial charge is 0.394 e. The van der Waals surface area contributed by atoms with Gasteiger partial charge in [-0.2, -0.15) is 0 Å². The third-order valence-corrected chi connectivity index (χ3v) is 5.97. The van der Waals surface area contributed by atoms with Gasteiger partial charge < -0.3 is 15.0 Å². The maximum absolute atomic E-state index is 12.7. The predicted molar refractivity (Wildman–Crippen MR) is 104 cm³/mol. The molecule has 0 fully saturated rings. The molecule has 1 aromatic carbocycles. The second kappa shape index (κ2) is 6.56. The number of carbonyl (C=O) groups excluding carboxylic acids is 1. The van der Waals surface area contributed by atoms with Crippen LogP contribution in [-0.4, -0.2) is 52.8 Å². The predicted octanol–water partition coefficient (Wildman–Crippen LogP) is 1.94. The number of aliphatic hydroxyl groups excluding tert-OH is 1. The van der Waals surface area contributed by atoms with Gasteiger partial charge in [-0.15, -0.1) is 0 Å².